The van der Waals surface area contributed by atoms with Gasteiger partial charge >= 0.3 is 6.16 Å². The summed E-state index contributed by atoms with van der Waals surface area (Å²) in [6, 6.07) is 11.5. The molecule has 6 heteroatoms. The SMILES string of the molecule is CCc1ccc(OCc2c(OC(=O)OC)cccc2SC)c(Br)c1. The van der Waals surface area contributed by atoms with Gasteiger partial charge in [-0.3, -0.25) is 0 Å². The summed E-state index contributed by atoms with van der Waals surface area (Å²) in [5, 5.41) is 0. The Morgan fingerprint density at radius 1 is 1.21 bits per heavy atom. The van der Waals surface area contributed by atoms with E-state index in [0.717, 1.165) is 27.1 Å². The monoisotopic (exact) mass is 410 g/mol. The number of ether oxygens (including phenoxy) is 3. The maximum absolute atomic E-state index is 11.4. The zero-order chi connectivity index (χ0) is 17.5. The minimum atomic E-state index is -0.747. The van der Waals surface area contributed by atoms with Gasteiger partial charge in [0.1, 0.15) is 18.1 Å². The Labute approximate surface area is 154 Å². The first-order valence-corrected chi connectivity index (χ1v) is 9.43. The minimum absolute atomic E-state index is 0.285. The number of hydrogen-bond donors (Lipinski definition) is 0. The highest BCUT2D eigenvalue weighted by Crippen LogP contribution is 2.32. The first-order valence-electron chi connectivity index (χ1n) is 7.42. The second-order valence-electron chi connectivity index (χ2n) is 4.90. The molecule has 0 atom stereocenters. The Balaban J connectivity index is 2.23. The first kappa shape index (κ1) is 18.7. The minimum Gasteiger partial charge on any atom is -0.488 e. The van der Waals surface area contributed by atoms with Crippen molar-refractivity contribution in [3.8, 4) is 11.5 Å². The highest BCUT2D eigenvalue weighted by atomic mass is 79.9. The van der Waals surface area contributed by atoms with E-state index in [9.17, 15) is 4.79 Å². The molecule has 0 aliphatic carbocycles. The fraction of sp³-hybridized carbons (Fsp3) is 0.278. The highest BCUT2D eigenvalue weighted by Gasteiger charge is 2.14. The molecular formula is C18H19BrO4S. The number of aryl methyl sites for hydroxylation is 1. The molecule has 0 radical (unpaired) electrons. The number of methoxy groups -OCH3 is 1. The van der Waals surface area contributed by atoms with Gasteiger partial charge in [-0.2, -0.15) is 0 Å². The van der Waals surface area contributed by atoms with Crippen LogP contribution >= 0.6 is 27.7 Å². The molecule has 0 aromatic heterocycles. The van der Waals surface area contributed by atoms with Crippen LogP contribution in [0.4, 0.5) is 4.79 Å². The van der Waals surface area contributed by atoms with Gasteiger partial charge in [-0.25, -0.2) is 4.79 Å². The van der Waals surface area contributed by atoms with Crippen molar-refractivity contribution < 1.29 is 19.0 Å². The molecule has 0 bridgehead atoms. The Kier molecular flexibility index (Phi) is 6.99. The summed E-state index contributed by atoms with van der Waals surface area (Å²) < 4.78 is 16.6. The predicted molar refractivity (Wildman–Crippen MR) is 99.1 cm³/mol. The molecule has 0 saturated heterocycles. The molecular weight excluding hydrogens is 392 g/mol. The average molecular weight is 411 g/mol. The number of carbonyl (C=O) groups is 1. The molecule has 0 aliphatic heterocycles. The van der Waals surface area contributed by atoms with Crippen molar-refractivity contribution in [3.05, 3.63) is 52.0 Å². The first-order chi connectivity index (χ1) is 11.6. The van der Waals surface area contributed by atoms with Crippen LogP contribution in [0.5, 0.6) is 11.5 Å². The number of carbonyl (C=O) groups excluding carboxylic acids is 1. The molecule has 2 aromatic rings. The summed E-state index contributed by atoms with van der Waals surface area (Å²) in [6.07, 6.45) is 2.18. The number of thioether (sulfide) groups is 1. The standard InChI is InChI=1S/C18H19BrO4S/c1-4-12-8-9-16(14(19)10-12)22-11-13-15(23-18(20)21-2)6-5-7-17(13)24-3/h5-10H,4,11H2,1-3H3. The van der Waals surface area contributed by atoms with Crippen LogP contribution in [-0.2, 0) is 17.8 Å². The van der Waals surface area contributed by atoms with Gasteiger partial charge in [-0.05, 0) is 58.4 Å². The molecule has 24 heavy (non-hydrogen) atoms. The van der Waals surface area contributed by atoms with Crippen molar-refractivity contribution in [1.29, 1.82) is 0 Å². The lowest BCUT2D eigenvalue weighted by Gasteiger charge is -2.15. The van der Waals surface area contributed by atoms with Crippen LogP contribution in [0.2, 0.25) is 0 Å². The Morgan fingerprint density at radius 3 is 2.62 bits per heavy atom. The van der Waals surface area contributed by atoms with Crippen molar-refractivity contribution in [2.45, 2.75) is 24.8 Å². The zero-order valence-corrected chi connectivity index (χ0v) is 16.2. The van der Waals surface area contributed by atoms with Crippen LogP contribution in [0.15, 0.2) is 45.8 Å². The number of hydrogen-bond acceptors (Lipinski definition) is 5. The second-order valence-corrected chi connectivity index (χ2v) is 6.60. The lowest BCUT2D eigenvalue weighted by Crippen LogP contribution is -2.10. The van der Waals surface area contributed by atoms with Crippen LogP contribution < -0.4 is 9.47 Å². The maximum atomic E-state index is 11.4. The van der Waals surface area contributed by atoms with Gasteiger partial charge in [0.25, 0.3) is 0 Å². The van der Waals surface area contributed by atoms with Crippen LogP contribution in [0.3, 0.4) is 0 Å². The molecule has 0 heterocycles. The van der Waals surface area contributed by atoms with E-state index in [1.54, 1.807) is 17.8 Å². The van der Waals surface area contributed by atoms with Gasteiger partial charge in [0.05, 0.1) is 11.6 Å². The molecule has 4 nitrogen and oxygen atoms in total. The second kappa shape index (κ2) is 8.99. The van der Waals surface area contributed by atoms with Gasteiger partial charge < -0.3 is 14.2 Å². The molecule has 0 saturated carbocycles. The molecule has 0 spiro atoms. The van der Waals surface area contributed by atoms with Crippen LogP contribution in [-0.4, -0.2) is 19.5 Å². The van der Waals surface area contributed by atoms with Crippen molar-refractivity contribution in [2.24, 2.45) is 0 Å². The van der Waals surface area contributed by atoms with Gasteiger partial charge in [-0.1, -0.05) is 19.1 Å². The summed E-state index contributed by atoms with van der Waals surface area (Å²) in [5.41, 5.74) is 2.04. The van der Waals surface area contributed by atoms with Crippen molar-refractivity contribution in [2.75, 3.05) is 13.4 Å². The summed E-state index contributed by atoms with van der Waals surface area (Å²) in [7, 11) is 1.28. The van der Waals surface area contributed by atoms with Crippen molar-refractivity contribution in [1.82, 2.24) is 0 Å². The summed E-state index contributed by atoms with van der Waals surface area (Å²) >= 11 is 5.10. The molecule has 0 unspecified atom stereocenters. The molecule has 2 aromatic carbocycles. The van der Waals surface area contributed by atoms with Crippen molar-refractivity contribution in [3.63, 3.8) is 0 Å². The van der Waals surface area contributed by atoms with E-state index in [4.69, 9.17) is 9.47 Å². The summed E-state index contributed by atoms with van der Waals surface area (Å²) in [6.45, 7) is 2.39. The average Bonchev–Trinajstić information content (AvgIpc) is 2.60. The molecule has 0 aliphatic rings. The van der Waals surface area contributed by atoms with Gasteiger partial charge in [0.15, 0.2) is 0 Å². The number of halogens is 1. The fourth-order valence-electron chi connectivity index (χ4n) is 2.14. The van der Waals surface area contributed by atoms with Crippen molar-refractivity contribution >= 4 is 33.8 Å². The normalized spacial score (nSPS) is 10.3. The van der Waals surface area contributed by atoms with E-state index < -0.39 is 6.16 Å². The fourth-order valence-corrected chi connectivity index (χ4v) is 3.30. The van der Waals surface area contributed by atoms with E-state index >= 15 is 0 Å². The predicted octanol–water partition coefficient (Wildman–Crippen LogP) is 5.46. The lowest BCUT2D eigenvalue weighted by molar-refractivity contribution is 0.120. The van der Waals surface area contributed by atoms with E-state index in [2.05, 4.69) is 27.6 Å². The lowest BCUT2D eigenvalue weighted by atomic mass is 10.2. The number of rotatable bonds is 6. The molecule has 0 N–H and O–H groups in total. The van der Waals surface area contributed by atoms with Gasteiger partial charge in [0.2, 0.25) is 0 Å². The third kappa shape index (κ3) is 4.68. The molecule has 0 amide bonds. The molecule has 128 valence electrons. The summed E-state index contributed by atoms with van der Waals surface area (Å²) in [5.74, 6) is 1.18. The zero-order valence-electron chi connectivity index (χ0n) is 13.8. The van der Waals surface area contributed by atoms with Gasteiger partial charge in [0, 0.05) is 10.5 Å². The Bertz CT molecular complexity index is 718. The van der Waals surface area contributed by atoms with Crippen LogP contribution in [0, 0.1) is 0 Å². The van der Waals surface area contributed by atoms with E-state index in [-0.39, 0.29) is 6.61 Å². The third-order valence-electron chi connectivity index (χ3n) is 3.45. The maximum Gasteiger partial charge on any atom is 0.513 e. The Morgan fingerprint density at radius 2 is 2.00 bits per heavy atom. The molecule has 2 rings (SSSR count). The van der Waals surface area contributed by atoms with Gasteiger partial charge in [-0.15, -0.1) is 11.8 Å². The topological polar surface area (TPSA) is 44.8 Å². The quantitative estimate of drug-likeness (QED) is 0.359. The molecule has 0 fully saturated rings. The number of benzene rings is 2. The largest absolute Gasteiger partial charge is 0.513 e. The van der Waals surface area contributed by atoms with E-state index in [1.807, 2.05) is 36.6 Å². The highest BCUT2D eigenvalue weighted by molar-refractivity contribution is 9.10. The summed E-state index contributed by atoms with van der Waals surface area (Å²) in [4.78, 5) is 12.4. The van der Waals surface area contributed by atoms with E-state index in [1.165, 1.54) is 12.7 Å². The Hall–Kier alpha value is -1.66. The van der Waals surface area contributed by atoms with Crippen LogP contribution in [0.25, 0.3) is 0 Å². The smallest absolute Gasteiger partial charge is 0.488 e. The third-order valence-corrected chi connectivity index (χ3v) is 4.89. The van der Waals surface area contributed by atoms with E-state index in [0.29, 0.717) is 5.75 Å². The van der Waals surface area contributed by atoms with Crippen LogP contribution in [0.1, 0.15) is 18.1 Å².